The Kier molecular flexibility index (Phi) is 51.5. The minimum absolute atomic E-state index is 0. The van der Waals surface area contributed by atoms with Gasteiger partial charge >= 0.3 is 0 Å². The van der Waals surface area contributed by atoms with Gasteiger partial charge in [0.05, 0.1) is 71.6 Å². The molecule has 0 bridgehead atoms. The van der Waals surface area contributed by atoms with Crippen molar-refractivity contribution >= 4 is 0 Å². The van der Waals surface area contributed by atoms with Crippen molar-refractivity contribution < 1.29 is 121 Å². The van der Waals surface area contributed by atoms with Crippen LogP contribution in [0.25, 0.3) is 67.5 Å². The molecular formula is C79H98Ir4N8O8-4. The number of hydrogen-bond donors (Lipinski definition) is 8. The molecule has 4 aromatic heterocycles. The molecule has 8 atom stereocenters. The summed E-state index contributed by atoms with van der Waals surface area (Å²) in [5.41, 5.74) is 16.2. The molecular weight excluding hydrogens is 1960 g/mol. The molecule has 16 nitrogen and oxygen atoms in total. The summed E-state index contributed by atoms with van der Waals surface area (Å²) in [6, 6.07) is 64.3. The van der Waals surface area contributed by atoms with Crippen LogP contribution in [0.2, 0.25) is 0 Å². The predicted molar refractivity (Wildman–Crippen MR) is 381 cm³/mol. The topological polar surface area (TPSA) is 265 Å². The zero-order valence-electron chi connectivity index (χ0n) is 58.9. The van der Waals surface area contributed by atoms with Gasteiger partial charge in [-0.05, 0) is 120 Å². The molecule has 0 aliphatic carbocycles. The number of aliphatic hydroxyl groups is 8. The van der Waals surface area contributed by atoms with E-state index < -0.39 is 0 Å². The molecule has 0 saturated carbocycles. The number of nitrogens with zero attached hydrogens (tertiary/aromatic N) is 8. The third-order valence-electron chi connectivity index (χ3n) is 13.0. The monoisotopic (exact) mass is 2060 g/mol. The molecule has 542 valence electrons. The van der Waals surface area contributed by atoms with Gasteiger partial charge in [0.2, 0.25) is 0 Å². The quantitative estimate of drug-likeness (QED) is 0.0444. The molecule has 0 amide bonds. The molecule has 20 heteroatoms. The van der Waals surface area contributed by atoms with Gasteiger partial charge in [-0.2, -0.15) is 0 Å². The van der Waals surface area contributed by atoms with E-state index in [1.807, 2.05) is 186 Å². The van der Waals surface area contributed by atoms with Crippen molar-refractivity contribution in [3.8, 4) is 67.5 Å². The molecule has 8 unspecified atom stereocenters. The van der Waals surface area contributed by atoms with Crippen molar-refractivity contribution in [2.24, 2.45) is 0 Å². The normalized spacial score (nSPS) is 12.4. The zero-order valence-corrected chi connectivity index (χ0v) is 68.5. The molecule has 0 aliphatic heterocycles. The fourth-order valence-corrected chi connectivity index (χ4v) is 8.85. The Morgan fingerprint density at radius 3 is 0.929 bits per heavy atom. The Morgan fingerprint density at radius 1 is 0.303 bits per heavy atom. The molecule has 0 saturated heterocycles. The first-order valence-electron chi connectivity index (χ1n) is 32.0. The van der Waals surface area contributed by atoms with Crippen LogP contribution in [0.5, 0.6) is 0 Å². The maximum Gasteiger partial charge on any atom is 0.0873 e. The number of aliphatic hydroxyl groups excluding tert-OH is 8. The van der Waals surface area contributed by atoms with E-state index in [1.54, 1.807) is 74.0 Å². The van der Waals surface area contributed by atoms with E-state index in [0.29, 0.717) is 31.6 Å². The van der Waals surface area contributed by atoms with Crippen molar-refractivity contribution in [2.75, 3.05) is 0 Å². The summed E-state index contributed by atoms with van der Waals surface area (Å²) in [7, 11) is 0. The van der Waals surface area contributed by atoms with E-state index in [2.05, 4.69) is 80.1 Å². The summed E-state index contributed by atoms with van der Waals surface area (Å²) in [5, 5.41) is 68.5. The maximum absolute atomic E-state index is 8.56. The van der Waals surface area contributed by atoms with Crippen LogP contribution in [0.1, 0.15) is 129 Å². The summed E-state index contributed by atoms with van der Waals surface area (Å²) in [5.74, 6) is 0.417. The largest absolute Gasteiger partial charge is 0.393 e. The SMILES string of the molecule is CC(O)CC(C)O.CC(O)CC(C)O.CC(O)CC(C)O.CC(O)CC(C)O.Cc1cnc(-c2[c-]cccc2)c(C)n1.Cc1nc(C(C)C)cnc1-c1[c-]cccc1.Cc1nccnc1-c1[c-]cccc1.[Ir].[Ir].[Ir].[Ir].[c-]1ccccc1-c1ncc(-c2ccccc2)nc1-c1ccccc1. The van der Waals surface area contributed by atoms with Crippen LogP contribution in [0.3, 0.4) is 0 Å². The van der Waals surface area contributed by atoms with Gasteiger partial charge in [-0.3, -0.25) is 19.9 Å². The van der Waals surface area contributed by atoms with Crippen LogP contribution in [0, 0.1) is 52.0 Å². The molecule has 8 N–H and O–H groups in total. The molecule has 10 aromatic rings. The van der Waals surface area contributed by atoms with Crippen LogP contribution in [0.15, 0.2) is 189 Å². The van der Waals surface area contributed by atoms with Gasteiger partial charge in [0.15, 0.2) is 0 Å². The van der Waals surface area contributed by atoms with Crippen LogP contribution >= 0.6 is 0 Å². The van der Waals surface area contributed by atoms with E-state index >= 15 is 0 Å². The van der Waals surface area contributed by atoms with E-state index in [0.717, 1.165) is 96.0 Å². The third kappa shape index (κ3) is 40.2. The first-order chi connectivity index (χ1) is 45.2. The Labute approximate surface area is 642 Å². The Morgan fingerprint density at radius 2 is 0.616 bits per heavy atom. The minimum Gasteiger partial charge on any atom is -0.393 e. The second-order valence-electron chi connectivity index (χ2n) is 23.3. The van der Waals surface area contributed by atoms with E-state index in [-0.39, 0.29) is 129 Å². The summed E-state index contributed by atoms with van der Waals surface area (Å²) in [6.07, 6.45) is 7.75. The van der Waals surface area contributed by atoms with Gasteiger partial charge in [-0.25, -0.2) is 0 Å². The molecule has 10 rings (SSSR count). The molecule has 0 spiro atoms. The standard InChI is InChI=1S/C22H15N2.C14H15N2.C12H11N2.C11H9N2.4C5H12O2.4Ir/c1-4-10-17(11-5-1)20-16-23-21(18-12-6-2-7-13-18)22(24-20)19-14-8-3-9-15-19;1-10(2)13-9-15-14(11(3)16-13)12-7-5-4-6-8-12;1-9-8-13-12(10(2)14-9)11-6-4-3-5-7-11;1-9-11(13-8-7-12-9)10-5-3-2-4-6-10;4*1-4(6)3-5(2)7;;;;/h1-12,14-16H;4-7,9-10H,1-3H3;3-6,8H,1-2H3;2-5,7-8H,1H3;4*4-7H,3H2,1-2H3;;;;/q4*-1;;;;;;;;. The molecule has 6 aromatic carbocycles. The molecule has 0 fully saturated rings. The Balaban J connectivity index is 0. The maximum atomic E-state index is 8.56. The Hall–Kier alpha value is -6.08. The van der Waals surface area contributed by atoms with E-state index in [1.165, 1.54) is 0 Å². The molecule has 4 radical (unpaired) electrons. The summed E-state index contributed by atoms with van der Waals surface area (Å²) in [4.78, 5) is 35.8. The molecule has 4 heterocycles. The van der Waals surface area contributed by atoms with Crippen molar-refractivity contribution in [2.45, 2.75) is 177 Å². The fourth-order valence-electron chi connectivity index (χ4n) is 8.85. The van der Waals surface area contributed by atoms with Gasteiger partial charge in [-0.15, -0.1) is 144 Å². The first-order valence-corrected chi connectivity index (χ1v) is 32.0. The third-order valence-corrected chi connectivity index (χ3v) is 13.0. The number of aryl methyl sites for hydroxylation is 4. The number of aromatic nitrogens is 8. The van der Waals surface area contributed by atoms with Crippen LogP contribution in [-0.4, -0.2) is 130 Å². The second kappa shape index (κ2) is 53.7. The van der Waals surface area contributed by atoms with Gasteiger partial charge in [0.25, 0.3) is 0 Å². The van der Waals surface area contributed by atoms with Crippen LogP contribution in [0.4, 0.5) is 0 Å². The average Bonchev–Trinajstić information content (AvgIpc) is 0.808. The summed E-state index contributed by atoms with van der Waals surface area (Å²) >= 11 is 0. The van der Waals surface area contributed by atoms with Gasteiger partial charge in [0, 0.05) is 157 Å². The van der Waals surface area contributed by atoms with Crippen molar-refractivity contribution in [3.63, 3.8) is 0 Å². The number of benzene rings is 6. The number of rotatable bonds is 15. The van der Waals surface area contributed by atoms with Gasteiger partial charge in [-0.1, -0.05) is 74.5 Å². The van der Waals surface area contributed by atoms with Crippen molar-refractivity contribution in [3.05, 3.63) is 241 Å². The Bertz CT molecular complexity index is 3550. The van der Waals surface area contributed by atoms with E-state index in [9.17, 15) is 0 Å². The number of hydrogen-bond acceptors (Lipinski definition) is 16. The minimum atomic E-state index is -0.375. The zero-order chi connectivity index (χ0) is 70.2. The first kappa shape index (κ1) is 95.0. The van der Waals surface area contributed by atoms with Gasteiger partial charge in [0.1, 0.15) is 0 Å². The summed E-state index contributed by atoms with van der Waals surface area (Å²) in [6.45, 7) is 25.4. The predicted octanol–water partition coefficient (Wildman–Crippen LogP) is 14.0. The van der Waals surface area contributed by atoms with Crippen molar-refractivity contribution in [1.82, 2.24) is 39.9 Å². The van der Waals surface area contributed by atoms with E-state index in [4.69, 9.17) is 50.8 Å². The van der Waals surface area contributed by atoms with Crippen molar-refractivity contribution in [1.29, 1.82) is 0 Å². The molecule has 99 heavy (non-hydrogen) atoms. The van der Waals surface area contributed by atoms with Crippen LogP contribution < -0.4 is 0 Å². The summed E-state index contributed by atoms with van der Waals surface area (Å²) < 4.78 is 0. The fraction of sp³-hybridized carbons (Fsp3) is 0.342. The smallest absolute Gasteiger partial charge is 0.0873 e. The second-order valence-corrected chi connectivity index (χ2v) is 23.3. The van der Waals surface area contributed by atoms with Crippen LogP contribution in [-0.2, 0) is 80.4 Å². The van der Waals surface area contributed by atoms with Gasteiger partial charge < -0.3 is 60.8 Å². The average molecular weight is 2060 g/mol. The molecule has 0 aliphatic rings.